The molecule has 0 unspecified atom stereocenters. The SMILES string of the molecule is COc1ccc(N2CCN(C(=O)c3c4c(nc5ccc(C)cc35)CCCC4)CC2)cc1. The second kappa shape index (κ2) is 8.22. The van der Waals surface area contributed by atoms with Gasteiger partial charge in [-0.3, -0.25) is 9.78 Å². The first kappa shape index (κ1) is 19.9. The Morgan fingerprint density at radius 3 is 2.45 bits per heavy atom. The summed E-state index contributed by atoms with van der Waals surface area (Å²) in [4.78, 5) is 23.1. The van der Waals surface area contributed by atoms with Crippen molar-refractivity contribution in [2.45, 2.75) is 32.6 Å². The number of rotatable bonds is 3. The number of ether oxygens (including phenoxy) is 1. The number of carbonyl (C=O) groups is 1. The standard InChI is InChI=1S/C26H29N3O2/c1-18-7-12-24-22(17-18)25(21-5-3-4-6-23(21)27-24)26(30)29-15-13-28(14-16-29)19-8-10-20(31-2)11-9-19/h7-12,17H,3-6,13-16H2,1-2H3. The molecular weight excluding hydrogens is 386 g/mol. The maximum absolute atomic E-state index is 13.8. The Morgan fingerprint density at radius 1 is 0.968 bits per heavy atom. The van der Waals surface area contributed by atoms with E-state index in [0.717, 1.165) is 79.8 Å². The molecular formula is C26H29N3O2. The molecule has 2 aliphatic rings. The Hall–Kier alpha value is -3.08. The lowest BCUT2D eigenvalue weighted by Gasteiger charge is -2.37. The van der Waals surface area contributed by atoms with Gasteiger partial charge in [0.25, 0.3) is 5.91 Å². The lowest BCUT2D eigenvalue weighted by molar-refractivity contribution is 0.0747. The van der Waals surface area contributed by atoms with Gasteiger partial charge < -0.3 is 14.5 Å². The number of amides is 1. The van der Waals surface area contributed by atoms with Gasteiger partial charge in [-0.15, -0.1) is 0 Å². The van der Waals surface area contributed by atoms with Crippen LogP contribution in [-0.4, -0.2) is 49.1 Å². The number of hydrogen-bond acceptors (Lipinski definition) is 4. The summed E-state index contributed by atoms with van der Waals surface area (Å²) in [6.07, 6.45) is 4.23. The fourth-order valence-electron chi connectivity index (χ4n) is 4.90. The number of pyridine rings is 1. The molecule has 5 heteroatoms. The quantitative estimate of drug-likeness (QED) is 0.636. The Kier molecular flexibility index (Phi) is 5.26. The summed E-state index contributed by atoms with van der Waals surface area (Å²) in [5, 5.41) is 1.02. The van der Waals surface area contributed by atoms with Crippen molar-refractivity contribution >= 4 is 22.5 Å². The third-order valence-electron chi connectivity index (χ3n) is 6.64. The summed E-state index contributed by atoms with van der Waals surface area (Å²) in [7, 11) is 1.68. The molecule has 1 aromatic heterocycles. The average molecular weight is 416 g/mol. The van der Waals surface area contributed by atoms with Crippen LogP contribution in [0.4, 0.5) is 5.69 Å². The van der Waals surface area contributed by atoms with E-state index < -0.39 is 0 Å². The number of carbonyl (C=O) groups excluding carboxylic acids is 1. The Labute approximate surface area is 183 Å². The molecule has 160 valence electrons. The Bertz CT molecular complexity index is 1120. The average Bonchev–Trinajstić information content (AvgIpc) is 2.82. The van der Waals surface area contributed by atoms with Crippen LogP contribution in [0, 0.1) is 6.92 Å². The molecule has 31 heavy (non-hydrogen) atoms. The van der Waals surface area contributed by atoms with E-state index in [1.165, 1.54) is 16.8 Å². The molecule has 0 radical (unpaired) electrons. The largest absolute Gasteiger partial charge is 0.497 e. The minimum atomic E-state index is 0.172. The normalized spacial score (nSPS) is 16.3. The number of aryl methyl sites for hydroxylation is 2. The number of methoxy groups -OCH3 is 1. The van der Waals surface area contributed by atoms with Crippen LogP contribution in [0.5, 0.6) is 5.75 Å². The highest BCUT2D eigenvalue weighted by molar-refractivity contribution is 6.08. The molecule has 2 aromatic carbocycles. The molecule has 5 nitrogen and oxygen atoms in total. The van der Waals surface area contributed by atoms with Crippen LogP contribution >= 0.6 is 0 Å². The highest BCUT2D eigenvalue weighted by atomic mass is 16.5. The summed E-state index contributed by atoms with van der Waals surface area (Å²) in [5.41, 5.74) is 6.52. The van der Waals surface area contributed by atoms with E-state index in [4.69, 9.17) is 9.72 Å². The van der Waals surface area contributed by atoms with Gasteiger partial charge in [0, 0.05) is 42.9 Å². The van der Waals surface area contributed by atoms with Crippen molar-refractivity contribution in [3.63, 3.8) is 0 Å². The molecule has 0 N–H and O–H groups in total. The highest BCUT2D eigenvalue weighted by Crippen LogP contribution is 2.31. The molecule has 0 saturated carbocycles. The number of hydrogen-bond donors (Lipinski definition) is 0. The Morgan fingerprint density at radius 2 is 1.71 bits per heavy atom. The second-order valence-corrected chi connectivity index (χ2v) is 8.62. The molecule has 0 bridgehead atoms. The van der Waals surface area contributed by atoms with Crippen LogP contribution in [0.2, 0.25) is 0 Å². The van der Waals surface area contributed by atoms with Crippen molar-refractivity contribution in [2.24, 2.45) is 0 Å². The van der Waals surface area contributed by atoms with Gasteiger partial charge in [0.15, 0.2) is 0 Å². The Balaban J connectivity index is 1.42. The molecule has 1 fully saturated rings. The third kappa shape index (κ3) is 3.73. The van der Waals surface area contributed by atoms with Crippen LogP contribution in [0.3, 0.4) is 0 Å². The van der Waals surface area contributed by atoms with E-state index in [0.29, 0.717) is 0 Å². The fraction of sp³-hybridized carbons (Fsp3) is 0.385. The van der Waals surface area contributed by atoms with E-state index in [2.05, 4.69) is 42.2 Å². The van der Waals surface area contributed by atoms with Gasteiger partial charge in [-0.1, -0.05) is 11.6 Å². The zero-order valence-electron chi connectivity index (χ0n) is 18.4. The van der Waals surface area contributed by atoms with Gasteiger partial charge in [0.2, 0.25) is 0 Å². The summed E-state index contributed by atoms with van der Waals surface area (Å²) < 4.78 is 5.27. The fourth-order valence-corrected chi connectivity index (χ4v) is 4.90. The molecule has 2 heterocycles. The molecule has 1 amide bonds. The van der Waals surface area contributed by atoms with Gasteiger partial charge in [-0.05, 0) is 74.6 Å². The van der Waals surface area contributed by atoms with Crippen LogP contribution in [0.1, 0.15) is 40.0 Å². The predicted octanol–water partition coefficient (Wildman–Crippen LogP) is 4.39. The van der Waals surface area contributed by atoms with E-state index in [9.17, 15) is 4.79 Å². The highest BCUT2D eigenvalue weighted by Gasteiger charge is 2.28. The van der Waals surface area contributed by atoms with Crippen molar-refractivity contribution in [3.8, 4) is 5.75 Å². The number of nitrogens with zero attached hydrogens (tertiary/aromatic N) is 3. The first-order valence-electron chi connectivity index (χ1n) is 11.2. The molecule has 5 rings (SSSR count). The first-order chi connectivity index (χ1) is 15.1. The third-order valence-corrected chi connectivity index (χ3v) is 6.64. The van der Waals surface area contributed by atoms with E-state index in [1.807, 2.05) is 17.0 Å². The smallest absolute Gasteiger partial charge is 0.255 e. The molecule has 3 aromatic rings. The van der Waals surface area contributed by atoms with Crippen molar-refractivity contribution in [2.75, 3.05) is 38.2 Å². The maximum atomic E-state index is 13.8. The molecule has 0 atom stereocenters. The number of aromatic nitrogens is 1. The van der Waals surface area contributed by atoms with Gasteiger partial charge in [-0.25, -0.2) is 0 Å². The molecule has 1 saturated heterocycles. The summed E-state index contributed by atoms with van der Waals surface area (Å²) >= 11 is 0. The predicted molar refractivity (Wildman–Crippen MR) is 124 cm³/mol. The summed E-state index contributed by atoms with van der Waals surface area (Å²) in [6, 6.07) is 14.5. The van der Waals surface area contributed by atoms with E-state index in [-0.39, 0.29) is 5.91 Å². The molecule has 0 spiro atoms. The topological polar surface area (TPSA) is 45.7 Å². The molecule has 1 aliphatic carbocycles. The minimum Gasteiger partial charge on any atom is -0.497 e. The van der Waals surface area contributed by atoms with Crippen LogP contribution in [0.15, 0.2) is 42.5 Å². The van der Waals surface area contributed by atoms with Crippen molar-refractivity contribution in [1.82, 2.24) is 9.88 Å². The van der Waals surface area contributed by atoms with E-state index in [1.54, 1.807) is 7.11 Å². The van der Waals surface area contributed by atoms with Crippen molar-refractivity contribution < 1.29 is 9.53 Å². The monoisotopic (exact) mass is 415 g/mol. The lowest BCUT2D eigenvalue weighted by Crippen LogP contribution is -2.49. The zero-order valence-corrected chi connectivity index (χ0v) is 18.4. The lowest BCUT2D eigenvalue weighted by atomic mass is 9.89. The van der Waals surface area contributed by atoms with Crippen LogP contribution in [0.25, 0.3) is 10.9 Å². The summed E-state index contributed by atoms with van der Waals surface area (Å²) in [5.74, 6) is 1.03. The van der Waals surface area contributed by atoms with Crippen LogP contribution < -0.4 is 9.64 Å². The number of piperazine rings is 1. The van der Waals surface area contributed by atoms with Gasteiger partial charge in [-0.2, -0.15) is 0 Å². The maximum Gasteiger partial charge on any atom is 0.255 e. The van der Waals surface area contributed by atoms with Crippen molar-refractivity contribution in [3.05, 3.63) is 64.8 Å². The first-order valence-corrected chi connectivity index (χ1v) is 11.2. The van der Waals surface area contributed by atoms with Crippen LogP contribution in [-0.2, 0) is 12.8 Å². The zero-order chi connectivity index (χ0) is 21.4. The molecule has 1 aliphatic heterocycles. The van der Waals surface area contributed by atoms with Gasteiger partial charge in [0.05, 0.1) is 18.2 Å². The van der Waals surface area contributed by atoms with Gasteiger partial charge >= 0.3 is 0 Å². The second-order valence-electron chi connectivity index (χ2n) is 8.62. The van der Waals surface area contributed by atoms with E-state index >= 15 is 0 Å². The number of fused-ring (bicyclic) bond motifs is 2. The minimum absolute atomic E-state index is 0.172. The summed E-state index contributed by atoms with van der Waals surface area (Å²) in [6.45, 7) is 5.22. The number of benzene rings is 2. The van der Waals surface area contributed by atoms with Gasteiger partial charge in [0.1, 0.15) is 5.75 Å². The van der Waals surface area contributed by atoms with Crippen molar-refractivity contribution in [1.29, 1.82) is 0 Å². The number of anilines is 1.